The van der Waals surface area contributed by atoms with Crippen LogP contribution in [0.4, 0.5) is 0 Å². The molecule has 4 rings (SSSR count). The first-order chi connectivity index (χ1) is 13.2. The molecule has 3 aliphatic rings. The zero-order valence-corrected chi connectivity index (χ0v) is 15.9. The second-order valence-electron chi connectivity index (χ2n) is 8.24. The molecule has 1 aliphatic carbocycles. The highest BCUT2D eigenvalue weighted by atomic mass is 16.5. The minimum Gasteiger partial charge on any atom is -0.492 e. The Labute approximate surface area is 161 Å². The molecule has 3 fully saturated rings. The topological polar surface area (TPSA) is 79.0 Å². The van der Waals surface area contributed by atoms with E-state index in [2.05, 4.69) is 4.90 Å². The van der Waals surface area contributed by atoms with Crippen molar-refractivity contribution in [2.45, 2.75) is 37.8 Å². The maximum Gasteiger partial charge on any atom is 0.254 e. The highest BCUT2D eigenvalue weighted by Gasteiger charge is 2.44. The number of hydrogen-bond donors (Lipinski definition) is 2. The normalized spacial score (nSPS) is 31.1. The van der Waals surface area contributed by atoms with Gasteiger partial charge in [0, 0.05) is 31.2 Å². The van der Waals surface area contributed by atoms with Crippen LogP contribution in [0.5, 0.6) is 5.75 Å². The van der Waals surface area contributed by atoms with Gasteiger partial charge in [0.15, 0.2) is 0 Å². The van der Waals surface area contributed by atoms with E-state index in [0.29, 0.717) is 36.3 Å². The molecule has 0 bridgehead atoms. The molecule has 1 aromatic carbocycles. The maximum atomic E-state index is 13.0. The molecule has 2 saturated heterocycles. The fourth-order valence-corrected chi connectivity index (χ4v) is 5.12. The summed E-state index contributed by atoms with van der Waals surface area (Å²) in [5.74, 6) is 1.67. The largest absolute Gasteiger partial charge is 0.492 e. The van der Waals surface area contributed by atoms with Crippen molar-refractivity contribution in [2.75, 3.05) is 39.3 Å². The van der Waals surface area contributed by atoms with E-state index in [4.69, 9.17) is 10.5 Å². The molecule has 4 atom stereocenters. The van der Waals surface area contributed by atoms with Crippen LogP contribution in [-0.4, -0.2) is 72.3 Å². The summed E-state index contributed by atoms with van der Waals surface area (Å²) in [5.41, 5.74) is 6.15. The van der Waals surface area contributed by atoms with Gasteiger partial charge in [-0.05, 0) is 68.8 Å². The Kier molecular flexibility index (Phi) is 5.66. The van der Waals surface area contributed by atoms with Crippen LogP contribution in [0.3, 0.4) is 0 Å². The number of aliphatic hydroxyl groups excluding tert-OH is 1. The molecule has 27 heavy (non-hydrogen) atoms. The van der Waals surface area contributed by atoms with Crippen molar-refractivity contribution in [1.82, 2.24) is 9.80 Å². The van der Waals surface area contributed by atoms with E-state index in [1.54, 1.807) is 0 Å². The van der Waals surface area contributed by atoms with E-state index in [-0.39, 0.29) is 18.1 Å². The number of aliphatic hydroxyl groups is 1. The number of fused-ring (bicyclic) bond motifs is 1. The first-order valence-electron chi connectivity index (χ1n) is 10.3. The van der Waals surface area contributed by atoms with Gasteiger partial charge in [-0.2, -0.15) is 0 Å². The summed E-state index contributed by atoms with van der Waals surface area (Å²) < 4.78 is 5.55. The molecule has 6 nitrogen and oxygen atoms in total. The van der Waals surface area contributed by atoms with E-state index in [0.717, 1.165) is 39.0 Å². The SMILES string of the molecule is NCCOc1cccc(C(=O)N2C[C@H]3C[C@@H](N4CCCC4)[C@H](O)C[C@H]3C2)c1. The summed E-state index contributed by atoms with van der Waals surface area (Å²) in [6.45, 7) is 4.67. The van der Waals surface area contributed by atoms with Gasteiger partial charge in [0.25, 0.3) is 5.91 Å². The standard InChI is InChI=1S/C21H31N3O3/c22-6-9-27-18-5-3-4-15(10-18)21(26)24-13-16-11-19(23-7-1-2-8-23)20(25)12-17(16)14-24/h3-5,10,16-17,19-20,25H,1-2,6-9,11-14,22H2/t16-,17+,19-,20-/m1/s1. The molecular formula is C21H31N3O3. The number of nitrogens with zero attached hydrogens (tertiary/aromatic N) is 2. The minimum absolute atomic E-state index is 0.0646. The zero-order chi connectivity index (χ0) is 18.8. The lowest BCUT2D eigenvalue weighted by molar-refractivity contribution is -0.000864. The van der Waals surface area contributed by atoms with Crippen LogP contribution in [0, 0.1) is 11.8 Å². The van der Waals surface area contributed by atoms with E-state index >= 15 is 0 Å². The Morgan fingerprint density at radius 2 is 1.93 bits per heavy atom. The Morgan fingerprint density at radius 1 is 1.19 bits per heavy atom. The Bertz CT molecular complexity index is 662. The first-order valence-corrected chi connectivity index (χ1v) is 10.3. The highest BCUT2D eigenvalue weighted by molar-refractivity contribution is 5.94. The molecule has 0 spiro atoms. The molecule has 0 unspecified atom stereocenters. The van der Waals surface area contributed by atoms with Gasteiger partial charge in [0.1, 0.15) is 12.4 Å². The van der Waals surface area contributed by atoms with Crippen molar-refractivity contribution >= 4 is 5.91 Å². The number of amides is 1. The maximum absolute atomic E-state index is 13.0. The zero-order valence-electron chi connectivity index (χ0n) is 15.9. The molecule has 2 heterocycles. The lowest BCUT2D eigenvalue weighted by atomic mass is 9.77. The van der Waals surface area contributed by atoms with Gasteiger partial charge in [-0.1, -0.05) is 6.07 Å². The van der Waals surface area contributed by atoms with Crippen molar-refractivity contribution in [2.24, 2.45) is 17.6 Å². The predicted molar refractivity (Wildman–Crippen MR) is 104 cm³/mol. The lowest BCUT2D eigenvalue weighted by Gasteiger charge is -2.40. The number of carbonyl (C=O) groups excluding carboxylic acids is 1. The summed E-state index contributed by atoms with van der Waals surface area (Å²) in [6.07, 6.45) is 4.05. The lowest BCUT2D eigenvalue weighted by Crippen LogP contribution is -2.48. The van der Waals surface area contributed by atoms with Crippen LogP contribution in [0.15, 0.2) is 24.3 Å². The number of likely N-dealkylation sites (tertiary alicyclic amines) is 2. The summed E-state index contributed by atoms with van der Waals surface area (Å²) in [7, 11) is 0. The number of hydrogen-bond acceptors (Lipinski definition) is 5. The third kappa shape index (κ3) is 3.98. The van der Waals surface area contributed by atoms with Crippen LogP contribution >= 0.6 is 0 Å². The molecule has 0 aromatic heterocycles. The third-order valence-corrected chi connectivity index (χ3v) is 6.47. The van der Waals surface area contributed by atoms with Crippen molar-refractivity contribution in [3.05, 3.63) is 29.8 Å². The summed E-state index contributed by atoms with van der Waals surface area (Å²) in [4.78, 5) is 17.4. The number of benzene rings is 1. The summed E-state index contributed by atoms with van der Waals surface area (Å²) in [6, 6.07) is 7.64. The van der Waals surface area contributed by atoms with Gasteiger partial charge in [-0.3, -0.25) is 9.69 Å². The van der Waals surface area contributed by atoms with Gasteiger partial charge < -0.3 is 20.5 Å². The van der Waals surface area contributed by atoms with Gasteiger partial charge in [0.2, 0.25) is 0 Å². The van der Waals surface area contributed by atoms with E-state index in [9.17, 15) is 9.90 Å². The van der Waals surface area contributed by atoms with Gasteiger partial charge >= 0.3 is 0 Å². The fraction of sp³-hybridized carbons (Fsp3) is 0.667. The van der Waals surface area contributed by atoms with Crippen molar-refractivity contribution in [1.29, 1.82) is 0 Å². The molecule has 1 saturated carbocycles. The quantitative estimate of drug-likeness (QED) is 0.814. The average Bonchev–Trinajstić information content (AvgIpc) is 3.34. The van der Waals surface area contributed by atoms with E-state index in [1.807, 2.05) is 29.2 Å². The molecule has 0 radical (unpaired) electrons. The van der Waals surface area contributed by atoms with Crippen molar-refractivity contribution in [3.63, 3.8) is 0 Å². The van der Waals surface area contributed by atoms with Gasteiger partial charge in [-0.25, -0.2) is 0 Å². The van der Waals surface area contributed by atoms with E-state index < -0.39 is 0 Å². The second-order valence-corrected chi connectivity index (χ2v) is 8.24. The van der Waals surface area contributed by atoms with Crippen LogP contribution < -0.4 is 10.5 Å². The number of carbonyl (C=O) groups is 1. The number of ether oxygens (including phenoxy) is 1. The average molecular weight is 373 g/mol. The molecule has 1 amide bonds. The first kappa shape index (κ1) is 18.7. The highest BCUT2D eigenvalue weighted by Crippen LogP contribution is 2.39. The summed E-state index contributed by atoms with van der Waals surface area (Å²) >= 11 is 0. The number of nitrogens with two attached hydrogens (primary N) is 1. The molecule has 6 heteroatoms. The van der Waals surface area contributed by atoms with Crippen molar-refractivity contribution in [3.8, 4) is 5.75 Å². The predicted octanol–water partition coefficient (Wildman–Crippen LogP) is 1.33. The monoisotopic (exact) mass is 373 g/mol. The Balaban J connectivity index is 1.41. The molecule has 2 aliphatic heterocycles. The second kappa shape index (κ2) is 8.17. The van der Waals surface area contributed by atoms with Crippen molar-refractivity contribution < 1.29 is 14.6 Å². The van der Waals surface area contributed by atoms with Crippen LogP contribution in [0.2, 0.25) is 0 Å². The Hall–Kier alpha value is -1.63. The third-order valence-electron chi connectivity index (χ3n) is 6.47. The molecule has 1 aromatic rings. The van der Waals surface area contributed by atoms with Crippen LogP contribution in [0.25, 0.3) is 0 Å². The Morgan fingerprint density at radius 3 is 2.67 bits per heavy atom. The van der Waals surface area contributed by atoms with Crippen LogP contribution in [0.1, 0.15) is 36.0 Å². The number of rotatable bonds is 5. The minimum atomic E-state index is -0.257. The van der Waals surface area contributed by atoms with Gasteiger partial charge in [-0.15, -0.1) is 0 Å². The van der Waals surface area contributed by atoms with E-state index in [1.165, 1.54) is 12.8 Å². The molecule has 148 valence electrons. The smallest absolute Gasteiger partial charge is 0.254 e. The van der Waals surface area contributed by atoms with Gasteiger partial charge in [0.05, 0.1) is 6.10 Å². The fourth-order valence-electron chi connectivity index (χ4n) is 5.12. The molecule has 3 N–H and O–H groups in total. The van der Waals surface area contributed by atoms with Crippen LogP contribution in [-0.2, 0) is 0 Å². The molecular weight excluding hydrogens is 342 g/mol. The summed E-state index contributed by atoms with van der Waals surface area (Å²) in [5, 5.41) is 10.7.